The Bertz CT molecular complexity index is 1000. The van der Waals surface area contributed by atoms with Gasteiger partial charge in [-0.3, -0.25) is 9.59 Å². The van der Waals surface area contributed by atoms with E-state index in [-0.39, 0.29) is 40.2 Å². The van der Waals surface area contributed by atoms with Crippen LogP contribution in [0.2, 0.25) is 0 Å². The lowest BCUT2D eigenvalue weighted by atomic mass is 9.48. The number of aliphatic hydroxyl groups excluding tert-OH is 1. The van der Waals surface area contributed by atoms with Crippen LogP contribution in [-0.2, 0) is 19.1 Å². The predicted octanol–water partition coefficient (Wildman–Crippen LogP) is 7.12. The molecular formula is C33H50O5. The Kier molecular flexibility index (Phi) is 9.23. The molecule has 3 aliphatic carbocycles. The summed E-state index contributed by atoms with van der Waals surface area (Å²) < 4.78 is 11.0. The summed E-state index contributed by atoms with van der Waals surface area (Å²) in [5.41, 5.74) is 4.01. The third kappa shape index (κ3) is 5.20. The largest absolute Gasteiger partial charge is 0.466 e. The van der Waals surface area contributed by atoms with Crippen molar-refractivity contribution in [2.75, 3.05) is 6.61 Å². The van der Waals surface area contributed by atoms with Crippen molar-refractivity contribution in [2.24, 2.45) is 34.0 Å². The van der Waals surface area contributed by atoms with E-state index in [1.54, 1.807) is 0 Å². The topological polar surface area (TPSA) is 72.8 Å². The molecule has 0 aromatic rings. The van der Waals surface area contributed by atoms with Crippen LogP contribution in [0.25, 0.3) is 0 Å². The van der Waals surface area contributed by atoms with Crippen LogP contribution in [0, 0.1) is 34.0 Å². The van der Waals surface area contributed by atoms with Crippen molar-refractivity contribution < 1.29 is 24.2 Å². The van der Waals surface area contributed by atoms with Crippen LogP contribution in [0.1, 0.15) is 93.4 Å². The maximum absolute atomic E-state index is 12.4. The summed E-state index contributed by atoms with van der Waals surface area (Å²) in [5.74, 6) is 0.254. The zero-order valence-electron chi connectivity index (χ0n) is 24.8. The number of rotatable bonds is 12. The number of carbonyl (C=O) groups excluding carboxylic acids is 2. The molecular weight excluding hydrogens is 476 g/mol. The van der Waals surface area contributed by atoms with Gasteiger partial charge in [-0.2, -0.15) is 0 Å². The summed E-state index contributed by atoms with van der Waals surface area (Å²) in [6, 6.07) is 0. The van der Waals surface area contributed by atoms with Gasteiger partial charge in [-0.05, 0) is 86.2 Å². The number of hydrogen-bond donors (Lipinski definition) is 1. The second-order valence-electron chi connectivity index (χ2n) is 13.0. The second-order valence-corrected chi connectivity index (χ2v) is 13.0. The van der Waals surface area contributed by atoms with Gasteiger partial charge in [-0.1, -0.05) is 71.1 Å². The zero-order valence-corrected chi connectivity index (χ0v) is 24.8. The standard InChI is InChI=1S/C33H50O5/c1-10-37-29(36)16-17-31(7)24(22(4)5)12-13-26-25(31)15-18-32(8)30(27(35)19-33(26,32)9)28(38-20-34)14-11-23(6)21(2)3/h13,15,20-21,24,27-28,30,35H,4,6,10-12,14,16-19H2,1-3,5,7-9H3. The lowest BCUT2D eigenvalue weighted by molar-refractivity contribution is -0.144. The molecule has 5 heteroatoms. The van der Waals surface area contributed by atoms with E-state index in [2.05, 4.69) is 66.9 Å². The first-order valence-corrected chi connectivity index (χ1v) is 14.4. The molecule has 0 spiro atoms. The van der Waals surface area contributed by atoms with Crippen LogP contribution in [0.15, 0.2) is 47.6 Å². The molecule has 3 aliphatic rings. The number of esters is 1. The molecule has 1 saturated carbocycles. The average molecular weight is 527 g/mol. The van der Waals surface area contributed by atoms with E-state index in [0.717, 1.165) is 30.4 Å². The Morgan fingerprint density at radius 2 is 1.87 bits per heavy atom. The highest BCUT2D eigenvalue weighted by Crippen LogP contribution is 2.69. The maximum atomic E-state index is 12.4. The molecule has 3 rings (SSSR count). The fourth-order valence-corrected chi connectivity index (χ4v) is 7.96. The van der Waals surface area contributed by atoms with Crippen molar-refractivity contribution in [3.05, 3.63) is 47.6 Å². The van der Waals surface area contributed by atoms with Gasteiger partial charge in [0.15, 0.2) is 0 Å². The van der Waals surface area contributed by atoms with Crippen molar-refractivity contribution in [3.8, 4) is 0 Å². The van der Waals surface area contributed by atoms with Gasteiger partial charge in [0.05, 0.1) is 12.7 Å². The second kappa shape index (κ2) is 11.5. The van der Waals surface area contributed by atoms with E-state index in [4.69, 9.17) is 9.47 Å². The predicted molar refractivity (Wildman–Crippen MR) is 152 cm³/mol. The summed E-state index contributed by atoms with van der Waals surface area (Å²) in [7, 11) is 0. The van der Waals surface area contributed by atoms with Crippen LogP contribution in [0.3, 0.4) is 0 Å². The van der Waals surface area contributed by atoms with E-state index in [9.17, 15) is 14.7 Å². The van der Waals surface area contributed by atoms with Crippen LogP contribution in [0.5, 0.6) is 0 Å². The molecule has 1 fully saturated rings. The average Bonchev–Trinajstić information content (AvgIpc) is 3.05. The third-order valence-electron chi connectivity index (χ3n) is 10.5. The first-order chi connectivity index (χ1) is 17.8. The lowest BCUT2D eigenvalue weighted by Crippen LogP contribution is -2.49. The highest BCUT2D eigenvalue weighted by Gasteiger charge is 2.65. The lowest BCUT2D eigenvalue weighted by Gasteiger charge is -2.56. The molecule has 212 valence electrons. The minimum atomic E-state index is -0.583. The van der Waals surface area contributed by atoms with Crippen LogP contribution < -0.4 is 0 Å². The molecule has 0 amide bonds. The van der Waals surface area contributed by atoms with Gasteiger partial charge in [0, 0.05) is 17.8 Å². The zero-order chi connectivity index (χ0) is 28.5. The highest BCUT2D eigenvalue weighted by molar-refractivity contribution is 5.69. The molecule has 0 aromatic heterocycles. The van der Waals surface area contributed by atoms with E-state index in [1.807, 2.05) is 6.92 Å². The van der Waals surface area contributed by atoms with E-state index in [0.29, 0.717) is 44.7 Å². The van der Waals surface area contributed by atoms with Gasteiger partial charge in [0.25, 0.3) is 6.47 Å². The minimum absolute atomic E-state index is 0.161. The normalized spacial score (nSPS) is 34.9. The monoisotopic (exact) mass is 526 g/mol. The molecule has 38 heavy (non-hydrogen) atoms. The smallest absolute Gasteiger partial charge is 0.305 e. The Balaban J connectivity index is 2.01. The van der Waals surface area contributed by atoms with E-state index >= 15 is 0 Å². The molecule has 0 saturated heterocycles. The van der Waals surface area contributed by atoms with Gasteiger partial charge < -0.3 is 14.6 Å². The molecule has 0 aliphatic heterocycles. The van der Waals surface area contributed by atoms with Crippen molar-refractivity contribution in [3.63, 3.8) is 0 Å². The molecule has 0 heterocycles. The highest BCUT2D eigenvalue weighted by atomic mass is 16.5. The van der Waals surface area contributed by atoms with Crippen LogP contribution in [-0.4, -0.2) is 36.4 Å². The Labute approximate surface area is 230 Å². The Morgan fingerprint density at radius 3 is 2.45 bits per heavy atom. The van der Waals surface area contributed by atoms with Crippen molar-refractivity contribution in [2.45, 2.75) is 106 Å². The molecule has 7 atom stereocenters. The molecule has 0 radical (unpaired) electrons. The number of fused-ring (bicyclic) bond motifs is 3. The number of aliphatic hydroxyl groups is 1. The van der Waals surface area contributed by atoms with Gasteiger partial charge >= 0.3 is 5.97 Å². The first kappa shape index (κ1) is 30.4. The summed E-state index contributed by atoms with van der Waals surface area (Å²) in [4.78, 5) is 24.0. The molecule has 1 N–H and O–H groups in total. The SMILES string of the molecule is C=C(CCC(OC=O)C1C(O)CC2(C)C3=CCC(C(=C)C)C(C)(CCC(=O)OCC)C3=CCC12C)C(C)C. The first-order valence-electron chi connectivity index (χ1n) is 14.4. The number of ether oxygens (including phenoxy) is 2. The van der Waals surface area contributed by atoms with E-state index < -0.39 is 6.10 Å². The van der Waals surface area contributed by atoms with Crippen molar-refractivity contribution in [1.82, 2.24) is 0 Å². The van der Waals surface area contributed by atoms with Crippen molar-refractivity contribution in [1.29, 1.82) is 0 Å². The van der Waals surface area contributed by atoms with E-state index in [1.165, 1.54) is 11.1 Å². The molecule has 7 unspecified atom stereocenters. The fourth-order valence-electron chi connectivity index (χ4n) is 7.96. The number of allylic oxidation sites excluding steroid dienone is 6. The summed E-state index contributed by atoms with van der Waals surface area (Å²) in [5, 5.41) is 11.6. The third-order valence-corrected chi connectivity index (χ3v) is 10.5. The van der Waals surface area contributed by atoms with Gasteiger partial charge in [0.1, 0.15) is 6.10 Å². The van der Waals surface area contributed by atoms with Crippen LogP contribution >= 0.6 is 0 Å². The Hall–Kier alpha value is -2.14. The molecule has 0 aromatic carbocycles. The number of carbonyl (C=O) groups is 2. The maximum Gasteiger partial charge on any atom is 0.305 e. The Morgan fingerprint density at radius 1 is 1.18 bits per heavy atom. The summed E-state index contributed by atoms with van der Waals surface area (Å²) in [6.45, 7) is 24.5. The summed E-state index contributed by atoms with van der Waals surface area (Å²) in [6.07, 6.45) is 8.50. The quantitative estimate of drug-likeness (QED) is 0.167. The van der Waals surface area contributed by atoms with Gasteiger partial charge in [-0.15, -0.1) is 0 Å². The van der Waals surface area contributed by atoms with Gasteiger partial charge in [-0.25, -0.2) is 0 Å². The van der Waals surface area contributed by atoms with Gasteiger partial charge in [0.2, 0.25) is 0 Å². The molecule has 0 bridgehead atoms. The molecule has 5 nitrogen and oxygen atoms in total. The van der Waals surface area contributed by atoms with Crippen molar-refractivity contribution >= 4 is 12.4 Å². The minimum Gasteiger partial charge on any atom is -0.466 e. The number of hydrogen-bond acceptors (Lipinski definition) is 5. The van der Waals surface area contributed by atoms with Crippen LogP contribution in [0.4, 0.5) is 0 Å². The summed E-state index contributed by atoms with van der Waals surface area (Å²) >= 11 is 0. The fraction of sp³-hybridized carbons (Fsp3) is 0.697.